The fourth-order valence-electron chi connectivity index (χ4n) is 1.65. The molecule has 0 radical (unpaired) electrons. The Morgan fingerprint density at radius 3 is 2.67 bits per heavy atom. The van der Waals surface area contributed by atoms with Gasteiger partial charge in [-0.3, -0.25) is 4.79 Å². The maximum Gasteiger partial charge on any atom is 0.243 e. The molecule has 2 N–H and O–H groups in total. The number of carbonyl (C=O) groups excluding carboxylic acids is 1. The van der Waals surface area contributed by atoms with Gasteiger partial charge in [0, 0.05) is 21.2 Å². The van der Waals surface area contributed by atoms with E-state index in [9.17, 15) is 13.6 Å². The van der Waals surface area contributed by atoms with Crippen LogP contribution in [-0.4, -0.2) is 12.5 Å². The molecule has 2 rings (SSSR count). The van der Waals surface area contributed by atoms with Gasteiger partial charge in [0.1, 0.15) is 11.6 Å². The van der Waals surface area contributed by atoms with Crippen molar-refractivity contribution >= 4 is 44.8 Å². The second-order valence-electron chi connectivity index (χ2n) is 4.16. The summed E-state index contributed by atoms with van der Waals surface area (Å²) in [5, 5.41) is 5.71. The highest BCUT2D eigenvalue weighted by Crippen LogP contribution is 2.26. The monoisotopic (exact) mass is 374 g/mol. The summed E-state index contributed by atoms with van der Waals surface area (Å²) in [4.78, 5) is 11.8. The van der Waals surface area contributed by atoms with Gasteiger partial charge in [-0.1, -0.05) is 17.7 Å². The second-order valence-corrected chi connectivity index (χ2v) is 5.45. The molecular formula is C14H10BrClF2N2O. The Morgan fingerprint density at radius 1 is 1.24 bits per heavy atom. The molecule has 0 bridgehead atoms. The third-order valence-electron chi connectivity index (χ3n) is 2.54. The molecule has 0 fully saturated rings. The van der Waals surface area contributed by atoms with E-state index in [0.29, 0.717) is 10.7 Å². The summed E-state index contributed by atoms with van der Waals surface area (Å²) in [7, 11) is 0. The molecule has 2 aromatic rings. The van der Waals surface area contributed by atoms with Gasteiger partial charge < -0.3 is 10.6 Å². The van der Waals surface area contributed by atoms with Crippen molar-refractivity contribution in [1.82, 2.24) is 0 Å². The highest BCUT2D eigenvalue weighted by Gasteiger charge is 2.11. The van der Waals surface area contributed by atoms with Crippen LogP contribution in [0.5, 0.6) is 0 Å². The lowest BCUT2D eigenvalue weighted by molar-refractivity contribution is -0.114. The molecule has 7 heteroatoms. The van der Waals surface area contributed by atoms with Crippen molar-refractivity contribution in [1.29, 1.82) is 0 Å². The summed E-state index contributed by atoms with van der Waals surface area (Å²) in [6.07, 6.45) is 0. The summed E-state index contributed by atoms with van der Waals surface area (Å²) < 4.78 is 26.7. The second kappa shape index (κ2) is 6.87. The van der Waals surface area contributed by atoms with E-state index in [0.717, 1.165) is 12.1 Å². The van der Waals surface area contributed by atoms with Crippen molar-refractivity contribution in [3.05, 3.63) is 57.5 Å². The van der Waals surface area contributed by atoms with Gasteiger partial charge in [-0.25, -0.2) is 8.78 Å². The quantitative estimate of drug-likeness (QED) is 0.830. The van der Waals surface area contributed by atoms with Crippen molar-refractivity contribution in [3.8, 4) is 0 Å². The molecule has 21 heavy (non-hydrogen) atoms. The largest absolute Gasteiger partial charge is 0.373 e. The van der Waals surface area contributed by atoms with Gasteiger partial charge in [-0.05, 0) is 40.2 Å². The zero-order valence-electron chi connectivity index (χ0n) is 10.6. The highest BCUT2D eigenvalue weighted by molar-refractivity contribution is 9.10. The van der Waals surface area contributed by atoms with Crippen LogP contribution in [0, 0.1) is 11.6 Å². The fourth-order valence-corrected chi connectivity index (χ4v) is 2.39. The first-order valence-corrected chi connectivity index (χ1v) is 7.06. The summed E-state index contributed by atoms with van der Waals surface area (Å²) >= 11 is 8.83. The molecule has 0 spiro atoms. The summed E-state index contributed by atoms with van der Waals surface area (Å²) in [6, 6.07) is 8.50. The van der Waals surface area contributed by atoms with E-state index in [-0.39, 0.29) is 22.6 Å². The lowest BCUT2D eigenvalue weighted by Gasteiger charge is -2.10. The Hall–Kier alpha value is -1.66. The van der Waals surface area contributed by atoms with Gasteiger partial charge in [0.15, 0.2) is 0 Å². The number of amides is 1. The van der Waals surface area contributed by atoms with Crippen molar-refractivity contribution in [2.24, 2.45) is 0 Å². The van der Waals surface area contributed by atoms with Gasteiger partial charge in [0.05, 0.1) is 12.2 Å². The number of nitrogens with one attached hydrogen (secondary N) is 2. The van der Waals surface area contributed by atoms with Gasteiger partial charge >= 0.3 is 0 Å². The topological polar surface area (TPSA) is 41.1 Å². The van der Waals surface area contributed by atoms with Crippen LogP contribution in [0.3, 0.4) is 0 Å². The first kappa shape index (κ1) is 15.7. The average molecular weight is 376 g/mol. The molecule has 0 saturated heterocycles. The Balaban J connectivity index is 1.99. The molecule has 0 atom stereocenters. The Morgan fingerprint density at radius 2 is 2.00 bits per heavy atom. The molecule has 0 aliphatic rings. The maximum absolute atomic E-state index is 13.6. The van der Waals surface area contributed by atoms with E-state index in [2.05, 4.69) is 26.6 Å². The molecule has 0 aliphatic heterocycles. The zero-order chi connectivity index (χ0) is 15.4. The molecule has 2 aromatic carbocycles. The lowest BCUT2D eigenvalue weighted by atomic mass is 10.3. The van der Waals surface area contributed by atoms with Crippen LogP contribution >= 0.6 is 27.5 Å². The molecule has 0 saturated carbocycles. The van der Waals surface area contributed by atoms with E-state index in [1.807, 2.05) is 0 Å². The third kappa shape index (κ3) is 4.41. The average Bonchev–Trinajstić information content (AvgIpc) is 2.37. The number of hydrogen-bond donors (Lipinski definition) is 2. The Labute approximate surface area is 133 Å². The number of carbonyl (C=O) groups is 1. The van der Waals surface area contributed by atoms with Crippen molar-refractivity contribution in [2.75, 3.05) is 17.2 Å². The van der Waals surface area contributed by atoms with E-state index >= 15 is 0 Å². The first-order chi connectivity index (χ1) is 9.95. The molecule has 110 valence electrons. The highest BCUT2D eigenvalue weighted by atomic mass is 79.9. The summed E-state index contributed by atoms with van der Waals surface area (Å²) in [6.45, 7) is -0.173. The minimum absolute atomic E-state index is 0.0256. The summed E-state index contributed by atoms with van der Waals surface area (Å²) in [5.74, 6) is -1.86. The maximum atomic E-state index is 13.6. The van der Waals surface area contributed by atoms with E-state index in [1.54, 1.807) is 24.3 Å². The predicted molar refractivity (Wildman–Crippen MR) is 82.6 cm³/mol. The van der Waals surface area contributed by atoms with Crippen LogP contribution in [0.25, 0.3) is 0 Å². The molecule has 0 aliphatic carbocycles. The van der Waals surface area contributed by atoms with Gasteiger partial charge in [-0.2, -0.15) is 0 Å². The Bertz CT molecular complexity index is 659. The molecule has 0 aromatic heterocycles. The van der Waals surface area contributed by atoms with Crippen LogP contribution < -0.4 is 10.6 Å². The van der Waals surface area contributed by atoms with Gasteiger partial charge in [0.2, 0.25) is 5.91 Å². The van der Waals surface area contributed by atoms with E-state index in [1.165, 1.54) is 0 Å². The van der Waals surface area contributed by atoms with Crippen LogP contribution in [0.2, 0.25) is 5.02 Å². The summed E-state index contributed by atoms with van der Waals surface area (Å²) in [5.41, 5.74) is 0.561. The minimum atomic E-state index is -0.780. The first-order valence-electron chi connectivity index (χ1n) is 5.89. The molecular weight excluding hydrogens is 366 g/mol. The van der Waals surface area contributed by atoms with E-state index in [4.69, 9.17) is 11.6 Å². The standard InChI is InChI=1S/C14H10BrClF2N2O/c15-11-5-9(17)6-12(18)14(11)19-7-13(21)20-10-3-1-2-8(16)4-10/h1-6,19H,7H2,(H,20,21). The number of halogens is 4. The van der Waals surface area contributed by atoms with Gasteiger partial charge in [-0.15, -0.1) is 0 Å². The molecule has 0 heterocycles. The normalized spacial score (nSPS) is 10.3. The number of hydrogen-bond acceptors (Lipinski definition) is 2. The predicted octanol–water partition coefficient (Wildman–Crippen LogP) is 4.43. The van der Waals surface area contributed by atoms with Crippen molar-refractivity contribution in [2.45, 2.75) is 0 Å². The minimum Gasteiger partial charge on any atom is -0.373 e. The molecule has 0 unspecified atom stereocenters. The van der Waals surface area contributed by atoms with Crippen LogP contribution in [0.1, 0.15) is 0 Å². The van der Waals surface area contributed by atoms with E-state index < -0.39 is 11.6 Å². The number of rotatable bonds is 4. The van der Waals surface area contributed by atoms with Crippen molar-refractivity contribution in [3.63, 3.8) is 0 Å². The molecule has 1 amide bonds. The SMILES string of the molecule is O=C(CNc1c(F)cc(F)cc1Br)Nc1cccc(Cl)c1. The number of anilines is 2. The molecule has 3 nitrogen and oxygen atoms in total. The fraction of sp³-hybridized carbons (Fsp3) is 0.0714. The van der Waals surface area contributed by atoms with Crippen molar-refractivity contribution < 1.29 is 13.6 Å². The lowest BCUT2D eigenvalue weighted by Crippen LogP contribution is -2.22. The third-order valence-corrected chi connectivity index (χ3v) is 3.40. The van der Waals surface area contributed by atoms with Crippen LogP contribution in [0.4, 0.5) is 20.2 Å². The smallest absolute Gasteiger partial charge is 0.243 e. The van der Waals surface area contributed by atoms with Crippen LogP contribution in [-0.2, 0) is 4.79 Å². The van der Waals surface area contributed by atoms with Gasteiger partial charge in [0.25, 0.3) is 0 Å². The Kier molecular flexibility index (Phi) is 5.14. The number of benzene rings is 2. The zero-order valence-corrected chi connectivity index (χ0v) is 12.9. The van der Waals surface area contributed by atoms with Crippen LogP contribution in [0.15, 0.2) is 40.9 Å².